The third kappa shape index (κ3) is 5.04. The standard InChI is InChI=1S/C17H22N4O5/c1-17(2,3)26-16(25)19-9-10-5-4-6-11(7-10)21-13(15(23)24)8-12(20-21)14(18)22/h4-8,15,23-24H,9H2,1-3H3,(H2,18,22)(H,19,25). The number of alkyl carbamates (subject to hydrolysis) is 1. The number of aliphatic hydroxyl groups excluding tert-OH is 1. The first-order chi connectivity index (χ1) is 12.1. The van der Waals surface area contributed by atoms with Crippen LogP contribution in [0.2, 0.25) is 0 Å². The van der Waals surface area contributed by atoms with Gasteiger partial charge in [-0.15, -0.1) is 0 Å². The van der Waals surface area contributed by atoms with Gasteiger partial charge < -0.3 is 26.0 Å². The van der Waals surface area contributed by atoms with Crippen LogP contribution >= 0.6 is 0 Å². The molecule has 9 heteroatoms. The van der Waals surface area contributed by atoms with Gasteiger partial charge in [0, 0.05) is 6.54 Å². The molecule has 0 fully saturated rings. The summed E-state index contributed by atoms with van der Waals surface area (Å²) in [4.78, 5) is 23.0. The lowest BCUT2D eigenvalue weighted by Crippen LogP contribution is -2.32. The summed E-state index contributed by atoms with van der Waals surface area (Å²) in [7, 11) is 0. The predicted octanol–water partition coefficient (Wildman–Crippen LogP) is 0.979. The Kier molecular flexibility index (Phi) is 5.63. The Hall–Kier alpha value is -2.91. The highest BCUT2D eigenvalue weighted by molar-refractivity contribution is 5.90. The van der Waals surface area contributed by atoms with E-state index in [9.17, 15) is 19.8 Å². The lowest BCUT2D eigenvalue weighted by molar-refractivity contribution is -0.0475. The smallest absolute Gasteiger partial charge is 0.407 e. The van der Waals surface area contributed by atoms with E-state index < -0.39 is 23.9 Å². The van der Waals surface area contributed by atoms with E-state index in [1.54, 1.807) is 45.0 Å². The van der Waals surface area contributed by atoms with Crippen LogP contribution in [-0.2, 0) is 11.3 Å². The number of benzene rings is 1. The largest absolute Gasteiger partial charge is 0.444 e. The average Bonchev–Trinajstić information content (AvgIpc) is 2.97. The third-order valence-corrected chi connectivity index (χ3v) is 3.24. The first kappa shape index (κ1) is 19.4. The molecule has 1 heterocycles. The van der Waals surface area contributed by atoms with Crippen LogP contribution in [0.5, 0.6) is 0 Å². The molecule has 0 radical (unpaired) electrons. The topological polar surface area (TPSA) is 140 Å². The molecule has 0 aliphatic carbocycles. The first-order valence-corrected chi connectivity index (χ1v) is 7.89. The SMILES string of the molecule is CC(C)(C)OC(=O)NCc1cccc(-n2nc(C(N)=O)cc2C(O)O)c1. The van der Waals surface area contributed by atoms with Crippen molar-refractivity contribution < 1.29 is 24.5 Å². The van der Waals surface area contributed by atoms with E-state index in [0.717, 1.165) is 5.56 Å². The zero-order valence-electron chi connectivity index (χ0n) is 14.8. The minimum Gasteiger partial charge on any atom is -0.444 e. The van der Waals surface area contributed by atoms with Crippen LogP contribution in [0.4, 0.5) is 4.79 Å². The summed E-state index contributed by atoms with van der Waals surface area (Å²) in [6.07, 6.45) is -2.39. The molecule has 1 aromatic heterocycles. The lowest BCUT2D eigenvalue weighted by Gasteiger charge is -2.19. The number of primary amides is 1. The molecule has 0 aliphatic rings. The molecule has 2 aromatic rings. The molecule has 140 valence electrons. The number of hydrogen-bond acceptors (Lipinski definition) is 6. The van der Waals surface area contributed by atoms with E-state index in [1.807, 2.05) is 0 Å². The number of carbonyl (C=O) groups excluding carboxylic acids is 2. The van der Waals surface area contributed by atoms with Gasteiger partial charge in [0.15, 0.2) is 12.0 Å². The number of aliphatic hydroxyl groups is 2. The van der Waals surface area contributed by atoms with E-state index >= 15 is 0 Å². The Morgan fingerprint density at radius 2 is 2.00 bits per heavy atom. The van der Waals surface area contributed by atoms with E-state index in [1.165, 1.54) is 10.7 Å². The monoisotopic (exact) mass is 362 g/mol. The number of rotatable bonds is 5. The number of amides is 2. The summed E-state index contributed by atoms with van der Waals surface area (Å²) < 4.78 is 6.38. The Labute approximate surface area is 150 Å². The van der Waals surface area contributed by atoms with Crippen molar-refractivity contribution in [2.75, 3.05) is 0 Å². The van der Waals surface area contributed by atoms with Crippen molar-refractivity contribution in [1.29, 1.82) is 0 Å². The zero-order valence-corrected chi connectivity index (χ0v) is 14.8. The van der Waals surface area contributed by atoms with E-state index in [0.29, 0.717) is 5.69 Å². The molecule has 0 bridgehead atoms. The van der Waals surface area contributed by atoms with Crippen molar-refractivity contribution in [1.82, 2.24) is 15.1 Å². The van der Waals surface area contributed by atoms with E-state index in [-0.39, 0.29) is 17.9 Å². The summed E-state index contributed by atoms with van der Waals surface area (Å²) in [6.45, 7) is 5.50. The van der Waals surface area contributed by atoms with Gasteiger partial charge in [0.05, 0.1) is 5.69 Å². The van der Waals surface area contributed by atoms with Gasteiger partial charge in [0.1, 0.15) is 11.3 Å². The highest BCUT2D eigenvalue weighted by atomic mass is 16.6. The number of nitrogens with two attached hydrogens (primary N) is 1. The van der Waals surface area contributed by atoms with Crippen molar-refractivity contribution in [2.24, 2.45) is 5.73 Å². The van der Waals surface area contributed by atoms with Gasteiger partial charge in [-0.25, -0.2) is 9.48 Å². The molecular formula is C17H22N4O5. The molecule has 0 atom stereocenters. The van der Waals surface area contributed by atoms with Crippen LogP contribution in [0.3, 0.4) is 0 Å². The summed E-state index contributed by atoms with van der Waals surface area (Å²) in [5.41, 5.74) is 5.70. The molecule has 2 rings (SSSR count). The predicted molar refractivity (Wildman–Crippen MR) is 92.3 cm³/mol. The summed E-state index contributed by atoms with van der Waals surface area (Å²) in [5.74, 6) is -0.784. The van der Waals surface area contributed by atoms with E-state index in [2.05, 4.69) is 10.4 Å². The molecular weight excluding hydrogens is 340 g/mol. The molecule has 0 unspecified atom stereocenters. The van der Waals surface area contributed by atoms with Gasteiger partial charge in [-0.2, -0.15) is 5.10 Å². The molecule has 0 saturated carbocycles. The number of ether oxygens (including phenoxy) is 1. The van der Waals surface area contributed by atoms with E-state index in [4.69, 9.17) is 10.5 Å². The van der Waals surface area contributed by atoms with Crippen molar-refractivity contribution in [2.45, 2.75) is 39.2 Å². The zero-order chi connectivity index (χ0) is 19.5. The quantitative estimate of drug-likeness (QED) is 0.585. The van der Waals surface area contributed by atoms with Gasteiger partial charge >= 0.3 is 6.09 Å². The van der Waals surface area contributed by atoms with Crippen molar-refractivity contribution in [3.8, 4) is 5.69 Å². The Balaban J connectivity index is 2.22. The van der Waals surface area contributed by atoms with Gasteiger partial charge in [0.2, 0.25) is 0 Å². The van der Waals surface area contributed by atoms with Crippen LogP contribution < -0.4 is 11.1 Å². The second-order valence-corrected chi connectivity index (χ2v) is 6.63. The normalized spacial score (nSPS) is 11.5. The molecule has 26 heavy (non-hydrogen) atoms. The van der Waals surface area contributed by atoms with Crippen LogP contribution in [0.15, 0.2) is 30.3 Å². The van der Waals surface area contributed by atoms with Gasteiger partial charge in [-0.3, -0.25) is 4.79 Å². The van der Waals surface area contributed by atoms with Crippen molar-refractivity contribution in [3.05, 3.63) is 47.3 Å². The number of aromatic nitrogens is 2. The van der Waals surface area contributed by atoms with Gasteiger partial charge in [-0.1, -0.05) is 12.1 Å². The molecule has 5 N–H and O–H groups in total. The van der Waals surface area contributed by atoms with Crippen molar-refractivity contribution >= 4 is 12.0 Å². The molecule has 2 amide bonds. The fourth-order valence-electron chi connectivity index (χ4n) is 2.19. The summed E-state index contributed by atoms with van der Waals surface area (Å²) in [6, 6.07) is 8.04. The molecule has 0 spiro atoms. The average molecular weight is 362 g/mol. The highest BCUT2D eigenvalue weighted by Crippen LogP contribution is 2.19. The summed E-state index contributed by atoms with van der Waals surface area (Å²) >= 11 is 0. The maximum absolute atomic E-state index is 11.7. The maximum Gasteiger partial charge on any atom is 0.407 e. The molecule has 0 saturated heterocycles. The Morgan fingerprint density at radius 3 is 2.58 bits per heavy atom. The fraction of sp³-hybridized carbons (Fsp3) is 0.353. The lowest BCUT2D eigenvalue weighted by atomic mass is 10.2. The Morgan fingerprint density at radius 1 is 1.31 bits per heavy atom. The number of hydrogen-bond donors (Lipinski definition) is 4. The number of nitrogens with zero attached hydrogens (tertiary/aromatic N) is 2. The maximum atomic E-state index is 11.7. The highest BCUT2D eigenvalue weighted by Gasteiger charge is 2.18. The fourth-order valence-corrected chi connectivity index (χ4v) is 2.19. The van der Waals surface area contributed by atoms with Crippen molar-refractivity contribution in [3.63, 3.8) is 0 Å². The van der Waals surface area contributed by atoms with Crippen LogP contribution in [0.1, 0.15) is 48.8 Å². The molecule has 0 aliphatic heterocycles. The minimum atomic E-state index is -1.83. The van der Waals surface area contributed by atoms with Crippen LogP contribution in [0.25, 0.3) is 5.69 Å². The summed E-state index contributed by atoms with van der Waals surface area (Å²) in [5, 5.41) is 25.6. The van der Waals surface area contributed by atoms with Gasteiger partial charge in [-0.05, 0) is 44.5 Å². The first-order valence-electron chi connectivity index (χ1n) is 7.89. The minimum absolute atomic E-state index is 0.00366. The van der Waals surface area contributed by atoms with Gasteiger partial charge in [0.25, 0.3) is 5.91 Å². The molecule has 9 nitrogen and oxygen atoms in total. The van der Waals surface area contributed by atoms with Crippen LogP contribution in [-0.4, -0.2) is 37.6 Å². The molecule has 1 aromatic carbocycles. The number of nitrogens with one attached hydrogen (secondary N) is 1. The second kappa shape index (κ2) is 7.54. The number of carbonyl (C=O) groups is 2. The Bertz CT molecular complexity index is 808. The van der Waals surface area contributed by atoms with Crippen LogP contribution in [0, 0.1) is 0 Å². The second-order valence-electron chi connectivity index (χ2n) is 6.63. The third-order valence-electron chi connectivity index (χ3n) is 3.24.